The maximum Gasteiger partial charge on any atom is 0.287 e. The lowest BCUT2D eigenvalue weighted by atomic mass is 10.0. The summed E-state index contributed by atoms with van der Waals surface area (Å²) in [6, 6.07) is 9.76. The van der Waals surface area contributed by atoms with E-state index in [1.807, 2.05) is 6.07 Å². The molecule has 0 spiro atoms. The van der Waals surface area contributed by atoms with Crippen LogP contribution in [0.5, 0.6) is 0 Å². The number of aryl methyl sites for hydroxylation is 1. The zero-order valence-electron chi connectivity index (χ0n) is 10.6. The lowest BCUT2D eigenvalue weighted by Gasteiger charge is -2.17. The molecule has 1 aliphatic carbocycles. The molecule has 19 heavy (non-hydrogen) atoms. The molecule has 98 valence electrons. The fourth-order valence-corrected chi connectivity index (χ4v) is 2.23. The van der Waals surface area contributed by atoms with Gasteiger partial charge in [0, 0.05) is 0 Å². The Morgan fingerprint density at radius 3 is 2.68 bits per heavy atom. The zero-order valence-corrected chi connectivity index (χ0v) is 10.6. The van der Waals surface area contributed by atoms with Crippen molar-refractivity contribution in [2.75, 3.05) is 0 Å². The van der Waals surface area contributed by atoms with E-state index in [0.717, 1.165) is 18.4 Å². The Bertz CT molecular complexity index is 629. The van der Waals surface area contributed by atoms with Gasteiger partial charge in [-0.3, -0.25) is 4.79 Å². The van der Waals surface area contributed by atoms with E-state index >= 15 is 0 Å². The summed E-state index contributed by atoms with van der Waals surface area (Å²) in [7, 11) is 0. The van der Waals surface area contributed by atoms with Gasteiger partial charge in [-0.15, -0.1) is 0 Å². The summed E-state index contributed by atoms with van der Waals surface area (Å²) in [5.74, 6) is 0.447. The van der Waals surface area contributed by atoms with E-state index in [2.05, 4.69) is 5.32 Å². The van der Waals surface area contributed by atoms with Crippen molar-refractivity contribution < 1.29 is 13.6 Å². The number of halogens is 1. The second kappa shape index (κ2) is 4.23. The minimum absolute atomic E-state index is 0.255. The first-order chi connectivity index (χ1) is 9.09. The summed E-state index contributed by atoms with van der Waals surface area (Å²) in [5.41, 5.74) is 0.379. The summed E-state index contributed by atoms with van der Waals surface area (Å²) >= 11 is 0. The summed E-state index contributed by atoms with van der Waals surface area (Å²) in [5, 5.41) is 2.94. The van der Waals surface area contributed by atoms with Crippen molar-refractivity contribution in [2.45, 2.75) is 25.3 Å². The van der Waals surface area contributed by atoms with Gasteiger partial charge in [0.05, 0.1) is 5.54 Å². The molecule has 0 unspecified atom stereocenters. The van der Waals surface area contributed by atoms with Crippen molar-refractivity contribution >= 4 is 5.91 Å². The van der Waals surface area contributed by atoms with Crippen molar-refractivity contribution in [2.24, 2.45) is 0 Å². The molecule has 0 bridgehead atoms. The molecule has 0 saturated heterocycles. The number of carbonyl (C=O) groups is 1. The highest BCUT2D eigenvalue weighted by molar-refractivity contribution is 5.92. The summed E-state index contributed by atoms with van der Waals surface area (Å²) in [6.07, 6.45) is 1.64. The molecular formula is C15H14FNO2. The third-order valence-corrected chi connectivity index (χ3v) is 3.44. The lowest BCUT2D eigenvalue weighted by Crippen LogP contribution is -2.34. The Morgan fingerprint density at radius 2 is 2.11 bits per heavy atom. The SMILES string of the molecule is Cc1ccc(C(=O)NC2(c3cccc(F)c3)CC2)o1. The number of amides is 1. The van der Waals surface area contributed by atoms with Crippen LogP contribution in [0.1, 0.15) is 34.7 Å². The van der Waals surface area contributed by atoms with Crippen LogP contribution in [0.15, 0.2) is 40.8 Å². The Balaban J connectivity index is 1.81. The molecule has 1 fully saturated rings. The van der Waals surface area contributed by atoms with E-state index in [4.69, 9.17) is 4.42 Å². The van der Waals surface area contributed by atoms with E-state index in [9.17, 15) is 9.18 Å². The standard InChI is InChI=1S/C15H14FNO2/c1-10-5-6-13(19-10)14(18)17-15(7-8-15)11-3-2-4-12(16)9-11/h2-6,9H,7-8H2,1H3,(H,17,18). The van der Waals surface area contributed by atoms with Crippen molar-refractivity contribution in [3.8, 4) is 0 Å². The average Bonchev–Trinajstić information content (AvgIpc) is 3.03. The van der Waals surface area contributed by atoms with E-state index in [1.54, 1.807) is 25.1 Å². The molecule has 0 atom stereocenters. The predicted octanol–water partition coefficient (Wildman–Crippen LogP) is 3.15. The van der Waals surface area contributed by atoms with Crippen molar-refractivity contribution in [3.05, 3.63) is 59.3 Å². The summed E-state index contributed by atoms with van der Waals surface area (Å²) < 4.78 is 18.6. The summed E-state index contributed by atoms with van der Waals surface area (Å²) in [6.45, 7) is 1.79. The van der Waals surface area contributed by atoms with Gasteiger partial charge in [-0.2, -0.15) is 0 Å². The van der Waals surface area contributed by atoms with E-state index in [-0.39, 0.29) is 11.7 Å². The maximum atomic E-state index is 13.3. The number of hydrogen-bond acceptors (Lipinski definition) is 2. The molecule has 1 aliphatic rings. The molecule has 1 N–H and O–H groups in total. The Morgan fingerprint density at radius 1 is 1.32 bits per heavy atom. The van der Waals surface area contributed by atoms with Crippen LogP contribution in [0.25, 0.3) is 0 Å². The quantitative estimate of drug-likeness (QED) is 0.920. The molecule has 1 heterocycles. The normalized spacial score (nSPS) is 16.1. The Kier molecular flexibility index (Phi) is 2.66. The first kappa shape index (κ1) is 12.0. The molecule has 0 radical (unpaired) electrons. The number of furan rings is 1. The van der Waals surface area contributed by atoms with Crippen LogP contribution in [0.2, 0.25) is 0 Å². The predicted molar refractivity (Wildman–Crippen MR) is 68.2 cm³/mol. The summed E-state index contributed by atoms with van der Waals surface area (Å²) in [4.78, 5) is 12.1. The number of carbonyl (C=O) groups excluding carboxylic acids is 1. The first-order valence-corrected chi connectivity index (χ1v) is 6.24. The van der Waals surface area contributed by atoms with Crippen LogP contribution < -0.4 is 5.32 Å². The van der Waals surface area contributed by atoms with Crippen molar-refractivity contribution in [1.82, 2.24) is 5.32 Å². The fourth-order valence-electron chi connectivity index (χ4n) is 2.23. The largest absolute Gasteiger partial charge is 0.456 e. The molecule has 4 heteroatoms. The third-order valence-electron chi connectivity index (χ3n) is 3.44. The minimum Gasteiger partial charge on any atom is -0.456 e. The zero-order chi connectivity index (χ0) is 13.5. The number of hydrogen-bond donors (Lipinski definition) is 1. The Labute approximate surface area is 110 Å². The van der Waals surface area contributed by atoms with Crippen LogP contribution >= 0.6 is 0 Å². The molecular weight excluding hydrogens is 245 g/mol. The third kappa shape index (κ3) is 2.26. The second-order valence-electron chi connectivity index (χ2n) is 4.96. The molecule has 3 rings (SSSR count). The monoisotopic (exact) mass is 259 g/mol. The molecule has 2 aromatic rings. The van der Waals surface area contributed by atoms with Gasteiger partial charge in [-0.25, -0.2) is 4.39 Å². The van der Waals surface area contributed by atoms with Crippen LogP contribution in [0.4, 0.5) is 4.39 Å². The van der Waals surface area contributed by atoms with Gasteiger partial charge in [0.15, 0.2) is 5.76 Å². The first-order valence-electron chi connectivity index (χ1n) is 6.24. The second-order valence-corrected chi connectivity index (χ2v) is 4.96. The van der Waals surface area contributed by atoms with Gasteiger partial charge in [0.25, 0.3) is 5.91 Å². The van der Waals surface area contributed by atoms with Gasteiger partial charge in [-0.05, 0) is 49.6 Å². The van der Waals surface area contributed by atoms with Crippen molar-refractivity contribution in [3.63, 3.8) is 0 Å². The molecule has 1 aromatic heterocycles. The smallest absolute Gasteiger partial charge is 0.287 e. The van der Waals surface area contributed by atoms with Gasteiger partial charge in [0.2, 0.25) is 0 Å². The van der Waals surface area contributed by atoms with Crippen LogP contribution in [-0.2, 0) is 5.54 Å². The molecule has 1 saturated carbocycles. The van der Waals surface area contributed by atoms with Gasteiger partial charge < -0.3 is 9.73 Å². The van der Waals surface area contributed by atoms with Crippen LogP contribution in [-0.4, -0.2) is 5.91 Å². The van der Waals surface area contributed by atoms with Crippen LogP contribution in [0.3, 0.4) is 0 Å². The Hall–Kier alpha value is -2.10. The lowest BCUT2D eigenvalue weighted by molar-refractivity contribution is 0.0901. The minimum atomic E-state index is -0.431. The molecule has 0 aliphatic heterocycles. The number of nitrogens with one attached hydrogen (secondary N) is 1. The van der Waals surface area contributed by atoms with Gasteiger partial charge in [0.1, 0.15) is 11.6 Å². The topological polar surface area (TPSA) is 42.2 Å². The number of benzene rings is 1. The van der Waals surface area contributed by atoms with E-state index in [0.29, 0.717) is 11.5 Å². The molecule has 1 amide bonds. The van der Waals surface area contributed by atoms with Gasteiger partial charge >= 0.3 is 0 Å². The van der Waals surface area contributed by atoms with E-state index < -0.39 is 5.54 Å². The van der Waals surface area contributed by atoms with E-state index in [1.165, 1.54) is 12.1 Å². The van der Waals surface area contributed by atoms with Crippen molar-refractivity contribution in [1.29, 1.82) is 0 Å². The highest BCUT2D eigenvalue weighted by atomic mass is 19.1. The van der Waals surface area contributed by atoms with Crippen LogP contribution in [0, 0.1) is 12.7 Å². The number of rotatable bonds is 3. The molecule has 1 aromatic carbocycles. The van der Waals surface area contributed by atoms with Gasteiger partial charge in [-0.1, -0.05) is 12.1 Å². The maximum absolute atomic E-state index is 13.3. The highest BCUT2D eigenvalue weighted by Gasteiger charge is 2.46. The fraction of sp³-hybridized carbons (Fsp3) is 0.267. The average molecular weight is 259 g/mol. The molecule has 3 nitrogen and oxygen atoms in total. The highest BCUT2D eigenvalue weighted by Crippen LogP contribution is 2.45.